The lowest BCUT2D eigenvalue weighted by Gasteiger charge is -2.08. The zero-order valence-corrected chi connectivity index (χ0v) is 16.3. The third kappa shape index (κ3) is 3.32. The molecule has 5 nitrogen and oxygen atoms in total. The fourth-order valence-electron chi connectivity index (χ4n) is 3.07. The molecule has 0 bridgehead atoms. The molecule has 0 aliphatic heterocycles. The highest BCUT2D eigenvalue weighted by Gasteiger charge is 2.30. The SMILES string of the molecule is N#Cc1c(-c2ccc(Cl)cc2Cl)[nH]n2c(=O)c(-c3cccc(C(F)(F)F)c3)cnc12. The van der Waals surface area contributed by atoms with Gasteiger partial charge in [0.25, 0.3) is 5.56 Å². The molecule has 0 saturated carbocycles. The van der Waals surface area contributed by atoms with E-state index in [0.717, 1.165) is 22.8 Å². The minimum atomic E-state index is -4.55. The quantitative estimate of drug-likeness (QED) is 0.436. The van der Waals surface area contributed by atoms with Crippen LogP contribution in [0.2, 0.25) is 10.0 Å². The Morgan fingerprint density at radius 3 is 2.53 bits per heavy atom. The molecule has 0 amide bonds. The van der Waals surface area contributed by atoms with Gasteiger partial charge in [-0.25, -0.2) is 4.98 Å². The highest BCUT2D eigenvalue weighted by atomic mass is 35.5. The van der Waals surface area contributed by atoms with Crippen LogP contribution in [0.3, 0.4) is 0 Å². The summed E-state index contributed by atoms with van der Waals surface area (Å²) in [6.07, 6.45) is -3.41. The van der Waals surface area contributed by atoms with Crippen molar-refractivity contribution in [2.75, 3.05) is 0 Å². The van der Waals surface area contributed by atoms with Gasteiger partial charge in [-0.2, -0.15) is 22.9 Å². The maximum Gasteiger partial charge on any atom is 0.416 e. The van der Waals surface area contributed by atoms with Crippen LogP contribution < -0.4 is 5.56 Å². The lowest BCUT2D eigenvalue weighted by atomic mass is 10.1. The van der Waals surface area contributed by atoms with Crippen molar-refractivity contribution in [2.24, 2.45) is 0 Å². The Kier molecular flexibility index (Phi) is 4.80. The molecular formula is C20H9Cl2F3N4O. The van der Waals surface area contributed by atoms with Crippen molar-refractivity contribution in [3.63, 3.8) is 0 Å². The minimum absolute atomic E-state index is 0.0271. The molecule has 30 heavy (non-hydrogen) atoms. The van der Waals surface area contributed by atoms with Crippen LogP contribution in [-0.2, 0) is 6.18 Å². The molecule has 0 radical (unpaired) electrons. The van der Waals surface area contributed by atoms with Crippen molar-refractivity contribution in [3.05, 3.63) is 80.2 Å². The zero-order valence-electron chi connectivity index (χ0n) is 14.8. The topological polar surface area (TPSA) is 73.9 Å². The first-order chi connectivity index (χ1) is 14.2. The Labute approximate surface area is 176 Å². The van der Waals surface area contributed by atoms with Crippen LogP contribution in [0, 0.1) is 11.3 Å². The number of nitrogens with one attached hydrogen (secondary N) is 1. The van der Waals surface area contributed by atoms with Gasteiger partial charge in [0.05, 0.1) is 21.8 Å². The van der Waals surface area contributed by atoms with E-state index >= 15 is 0 Å². The fraction of sp³-hybridized carbons (Fsp3) is 0.0500. The Morgan fingerprint density at radius 1 is 1.10 bits per heavy atom. The van der Waals surface area contributed by atoms with Crippen molar-refractivity contribution >= 4 is 28.8 Å². The number of halogens is 5. The highest BCUT2D eigenvalue weighted by molar-refractivity contribution is 6.36. The number of nitrogens with zero attached hydrogens (tertiary/aromatic N) is 3. The monoisotopic (exact) mass is 448 g/mol. The molecule has 0 spiro atoms. The molecule has 0 fully saturated rings. The third-order valence-electron chi connectivity index (χ3n) is 4.47. The predicted octanol–water partition coefficient (Wildman–Crippen LogP) is 5.55. The average Bonchev–Trinajstić information content (AvgIpc) is 3.07. The predicted molar refractivity (Wildman–Crippen MR) is 106 cm³/mol. The third-order valence-corrected chi connectivity index (χ3v) is 5.02. The fourth-order valence-corrected chi connectivity index (χ4v) is 3.57. The number of aromatic nitrogens is 3. The maximum atomic E-state index is 13.0. The van der Waals surface area contributed by atoms with E-state index in [4.69, 9.17) is 23.2 Å². The van der Waals surface area contributed by atoms with E-state index < -0.39 is 17.3 Å². The summed E-state index contributed by atoms with van der Waals surface area (Å²) in [4.78, 5) is 17.1. The normalized spacial score (nSPS) is 11.6. The van der Waals surface area contributed by atoms with Crippen molar-refractivity contribution in [1.29, 1.82) is 5.26 Å². The van der Waals surface area contributed by atoms with Crippen LogP contribution in [0.25, 0.3) is 28.0 Å². The molecule has 2 aromatic heterocycles. The van der Waals surface area contributed by atoms with Crippen LogP contribution in [0.15, 0.2) is 53.5 Å². The molecule has 150 valence electrons. The number of fused-ring (bicyclic) bond motifs is 1. The number of alkyl halides is 3. The van der Waals surface area contributed by atoms with E-state index in [-0.39, 0.29) is 33.1 Å². The van der Waals surface area contributed by atoms with Crippen LogP contribution in [-0.4, -0.2) is 14.6 Å². The van der Waals surface area contributed by atoms with Gasteiger partial charge in [0, 0.05) is 16.8 Å². The summed E-state index contributed by atoms with van der Waals surface area (Å²) in [5, 5.41) is 13.0. The number of hydrogen-bond donors (Lipinski definition) is 1. The van der Waals surface area contributed by atoms with E-state index in [2.05, 4.69) is 10.1 Å². The Balaban J connectivity index is 1.95. The summed E-state index contributed by atoms with van der Waals surface area (Å²) in [6.45, 7) is 0. The molecule has 2 aromatic carbocycles. The first-order valence-electron chi connectivity index (χ1n) is 8.37. The molecule has 2 heterocycles. The van der Waals surface area contributed by atoms with E-state index in [1.54, 1.807) is 12.1 Å². The van der Waals surface area contributed by atoms with Crippen LogP contribution >= 0.6 is 23.2 Å². The number of H-pyrrole nitrogens is 1. The number of aromatic amines is 1. The van der Waals surface area contributed by atoms with Gasteiger partial charge in [-0.15, -0.1) is 0 Å². The number of hydrogen-bond acceptors (Lipinski definition) is 3. The number of rotatable bonds is 2. The lowest BCUT2D eigenvalue weighted by Crippen LogP contribution is -2.17. The van der Waals surface area contributed by atoms with Crippen LogP contribution in [0.1, 0.15) is 11.1 Å². The molecule has 0 aliphatic carbocycles. The molecule has 1 N–H and O–H groups in total. The van der Waals surface area contributed by atoms with Gasteiger partial charge in [-0.3, -0.25) is 9.89 Å². The van der Waals surface area contributed by atoms with Crippen molar-refractivity contribution in [2.45, 2.75) is 6.18 Å². The molecular weight excluding hydrogens is 440 g/mol. The highest BCUT2D eigenvalue weighted by Crippen LogP contribution is 2.33. The van der Waals surface area contributed by atoms with Crippen molar-refractivity contribution < 1.29 is 13.2 Å². The second kappa shape index (κ2) is 7.20. The lowest BCUT2D eigenvalue weighted by molar-refractivity contribution is -0.137. The van der Waals surface area contributed by atoms with Crippen LogP contribution in [0.5, 0.6) is 0 Å². The summed E-state index contributed by atoms with van der Waals surface area (Å²) in [5.41, 5.74) is -0.803. The number of nitriles is 1. The Hall–Kier alpha value is -3.28. The first kappa shape index (κ1) is 20.0. The van der Waals surface area contributed by atoms with Gasteiger partial charge in [0.1, 0.15) is 11.6 Å². The van der Waals surface area contributed by atoms with Crippen LogP contribution in [0.4, 0.5) is 13.2 Å². The van der Waals surface area contributed by atoms with Gasteiger partial charge in [0.15, 0.2) is 5.65 Å². The molecule has 4 rings (SSSR count). The maximum absolute atomic E-state index is 13.0. The molecule has 0 saturated heterocycles. The summed E-state index contributed by atoms with van der Waals surface area (Å²) in [5.74, 6) is 0. The van der Waals surface area contributed by atoms with E-state index in [1.165, 1.54) is 18.2 Å². The standard InChI is InChI=1S/C20H9Cl2F3N4O/c21-12-4-5-13(16(22)7-12)17-14(8-26)18-27-9-15(19(30)29(18)28-17)10-2-1-3-11(6-10)20(23,24)25/h1-7,9,28H. The van der Waals surface area contributed by atoms with Gasteiger partial charge in [-0.1, -0.05) is 35.3 Å². The smallest absolute Gasteiger partial charge is 0.287 e. The largest absolute Gasteiger partial charge is 0.416 e. The second-order valence-corrected chi connectivity index (χ2v) is 7.16. The summed E-state index contributed by atoms with van der Waals surface area (Å²) >= 11 is 12.1. The summed E-state index contributed by atoms with van der Waals surface area (Å²) < 4.78 is 40.1. The van der Waals surface area contributed by atoms with E-state index in [1.807, 2.05) is 6.07 Å². The van der Waals surface area contributed by atoms with Gasteiger partial charge < -0.3 is 0 Å². The van der Waals surface area contributed by atoms with Gasteiger partial charge in [-0.05, 0) is 35.9 Å². The second-order valence-electron chi connectivity index (χ2n) is 6.31. The van der Waals surface area contributed by atoms with E-state index in [9.17, 15) is 23.2 Å². The minimum Gasteiger partial charge on any atom is -0.287 e. The zero-order chi connectivity index (χ0) is 21.6. The van der Waals surface area contributed by atoms with Gasteiger partial charge in [0.2, 0.25) is 0 Å². The molecule has 0 unspecified atom stereocenters. The molecule has 10 heteroatoms. The van der Waals surface area contributed by atoms with Gasteiger partial charge >= 0.3 is 6.18 Å². The average molecular weight is 449 g/mol. The Bertz CT molecular complexity index is 1400. The van der Waals surface area contributed by atoms with Crippen molar-refractivity contribution in [1.82, 2.24) is 14.6 Å². The van der Waals surface area contributed by atoms with E-state index in [0.29, 0.717) is 10.6 Å². The van der Waals surface area contributed by atoms with Crippen molar-refractivity contribution in [3.8, 4) is 28.5 Å². The molecule has 4 aromatic rings. The molecule has 0 aliphatic rings. The molecule has 0 atom stereocenters. The Morgan fingerprint density at radius 2 is 1.87 bits per heavy atom. The summed E-state index contributed by atoms with van der Waals surface area (Å²) in [7, 11) is 0. The summed E-state index contributed by atoms with van der Waals surface area (Å²) in [6, 6.07) is 11.0. The number of benzene rings is 2. The first-order valence-corrected chi connectivity index (χ1v) is 9.13.